The number of nitrogens with one attached hydrogen (secondary N) is 1. The van der Waals surface area contributed by atoms with Crippen LogP contribution in [-0.2, 0) is 22.5 Å². The van der Waals surface area contributed by atoms with Gasteiger partial charge in [0, 0.05) is 5.75 Å². The summed E-state index contributed by atoms with van der Waals surface area (Å²) in [6.45, 7) is 0.243. The molecule has 0 saturated heterocycles. The first-order valence-electron chi connectivity index (χ1n) is 8.16. The Bertz CT molecular complexity index is 1030. The van der Waals surface area contributed by atoms with Gasteiger partial charge in [-0.05, 0) is 11.1 Å². The summed E-state index contributed by atoms with van der Waals surface area (Å²) in [7, 11) is 1.34. The standard InChI is InChI=1S/C17H19N5O4S/c1-26-12(24)8-10-3-2-4-11(7-10)9-22-15-13(19-17(22)25)14(18)20-16(21-15)27-6-5-23/h2-4,7,23H,5-6,8-9H2,1H3,(H,19,25)(H2,18,20,21). The number of carbonyl (C=O) groups is 1. The number of aromatic nitrogens is 4. The summed E-state index contributed by atoms with van der Waals surface area (Å²) in [5.41, 5.74) is 7.98. The highest BCUT2D eigenvalue weighted by Gasteiger charge is 2.15. The first-order chi connectivity index (χ1) is 13.0. The number of aliphatic hydroxyl groups excluding tert-OH is 1. The molecule has 142 valence electrons. The zero-order chi connectivity index (χ0) is 19.4. The number of thioether (sulfide) groups is 1. The molecular weight excluding hydrogens is 370 g/mol. The largest absolute Gasteiger partial charge is 0.469 e. The van der Waals surface area contributed by atoms with Gasteiger partial charge in [-0.1, -0.05) is 36.0 Å². The van der Waals surface area contributed by atoms with Crippen molar-refractivity contribution >= 4 is 34.7 Å². The molecule has 0 radical (unpaired) electrons. The van der Waals surface area contributed by atoms with Gasteiger partial charge in [0.15, 0.2) is 16.6 Å². The topological polar surface area (TPSA) is 136 Å². The summed E-state index contributed by atoms with van der Waals surface area (Å²) < 4.78 is 6.15. The summed E-state index contributed by atoms with van der Waals surface area (Å²) >= 11 is 1.25. The molecule has 3 rings (SSSR count). The maximum atomic E-state index is 12.4. The van der Waals surface area contributed by atoms with Crippen LogP contribution in [0.15, 0.2) is 34.2 Å². The van der Waals surface area contributed by atoms with Crippen LogP contribution < -0.4 is 11.4 Å². The average molecular weight is 389 g/mol. The van der Waals surface area contributed by atoms with Crippen molar-refractivity contribution in [2.24, 2.45) is 0 Å². The second kappa shape index (κ2) is 8.23. The van der Waals surface area contributed by atoms with E-state index >= 15 is 0 Å². The third kappa shape index (κ3) is 4.29. The molecule has 0 saturated carbocycles. The van der Waals surface area contributed by atoms with Crippen molar-refractivity contribution in [1.82, 2.24) is 19.5 Å². The molecule has 0 amide bonds. The van der Waals surface area contributed by atoms with Crippen LogP contribution in [0.1, 0.15) is 11.1 Å². The predicted molar refractivity (Wildman–Crippen MR) is 102 cm³/mol. The van der Waals surface area contributed by atoms with Gasteiger partial charge in [-0.15, -0.1) is 0 Å². The number of H-pyrrole nitrogens is 1. The lowest BCUT2D eigenvalue weighted by Crippen LogP contribution is -2.18. The van der Waals surface area contributed by atoms with E-state index in [4.69, 9.17) is 10.8 Å². The smallest absolute Gasteiger partial charge is 0.328 e. The molecule has 0 fully saturated rings. The summed E-state index contributed by atoms with van der Waals surface area (Å²) in [4.78, 5) is 35.1. The van der Waals surface area contributed by atoms with E-state index < -0.39 is 0 Å². The summed E-state index contributed by atoms with van der Waals surface area (Å²) in [5, 5.41) is 9.36. The maximum absolute atomic E-state index is 12.4. The number of imidazole rings is 1. The minimum Gasteiger partial charge on any atom is -0.469 e. The minimum absolute atomic E-state index is 0.0150. The van der Waals surface area contributed by atoms with Crippen LogP contribution in [0.2, 0.25) is 0 Å². The number of fused-ring (bicyclic) bond motifs is 1. The van der Waals surface area contributed by atoms with Gasteiger partial charge >= 0.3 is 11.7 Å². The van der Waals surface area contributed by atoms with E-state index in [-0.39, 0.29) is 37.0 Å². The molecule has 1 aromatic carbocycles. The number of aliphatic hydroxyl groups is 1. The molecule has 0 aliphatic carbocycles. The van der Waals surface area contributed by atoms with Gasteiger partial charge in [0.05, 0.1) is 26.7 Å². The lowest BCUT2D eigenvalue weighted by Gasteiger charge is -2.07. The predicted octanol–water partition coefficient (Wildman–Crippen LogP) is 0.550. The van der Waals surface area contributed by atoms with E-state index in [1.165, 1.54) is 23.4 Å². The number of nitrogens with zero attached hydrogens (tertiary/aromatic N) is 3. The van der Waals surface area contributed by atoms with Crippen LogP contribution in [-0.4, -0.2) is 50.1 Å². The van der Waals surface area contributed by atoms with Crippen molar-refractivity contribution in [3.8, 4) is 0 Å². The fourth-order valence-corrected chi connectivity index (χ4v) is 3.23. The van der Waals surface area contributed by atoms with Crippen molar-refractivity contribution in [2.45, 2.75) is 18.1 Å². The minimum atomic E-state index is -0.353. The molecule has 10 heteroatoms. The van der Waals surface area contributed by atoms with Gasteiger partial charge in [-0.2, -0.15) is 0 Å². The van der Waals surface area contributed by atoms with Crippen LogP contribution in [0.4, 0.5) is 5.82 Å². The highest BCUT2D eigenvalue weighted by molar-refractivity contribution is 7.99. The van der Waals surface area contributed by atoms with Crippen LogP contribution in [0.5, 0.6) is 0 Å². The Morgan fingerprint density at radius 1 is 1.37 bits per heavy atom. The fourth-order valence-electron chi connectivity index (χ4n) is 2.64. The van der Waals surface area contributed by atoms with Gasteiger partial charge in [-0.25, -0.2) is 14.8 Å². The molecule has 27 heavy (non-hydrogen) atoms. The van der Waals surface area contributed by atoms with E-state index in [2.05, 4.69) is 19.7 Å². The van der Waals surface area contributed by atoms with Crippen LogP contribution >= 0.6 is 11.8 Å². The third-order valence-electron chi connectivity index (χ3n) is 3.86. The number of aromatic amines is 1. The number of anilines is 1. The van der Waals surface area contributed by atoms with Crippen molar-refractivity contribution in [3.05, 3.63) is 45.9 Å². The molecule has 0 atom stereocenters. The number of benzene rings is 1. The number of carbonyl (C=O) groups excluding carboxylic acids is 1. The monoisotopic (exact) mass is 389 g/mol. The number of hydrogen-bond acceptors (Lipinski definition) is 8. The van der Waals surface area contributed by atoms with E-state index in [0.717, 1.165) is 11.1 Å². The van der Waals surface area contributed by atoms with Crippen molar-refractivity contribution in [2.75, 3.05) is 25.2 Å². The van der Waals surface area contributed by atoms with Gasteiger partial charge < -0.3 is 20.6 Å². The average Bonchev–Trinajstić information content (AvgIpc) is 2.96. The fraction of sp³-hybridized carbons (Fsp3) is 0.294. The lowest BCUT2D eigenvalue weighted by atomic mass is 10.1. The van der Waals surface area contributed by atoms with E-state index in [1.807, 2.05) is 24.3 Å². The Kier molecular flexibility index (Phi) is 5.77. The Morgan fingerprint density at radius 2 is 2.15 bits per heavy atom. The molecule has 0 aliphatic heterocycles. The van der Waals surface area contributed by atoms with E-state index in [1.54, 1.807) is 0 Å². The van der Waals surface area contributed by atoms with Gasteiger partial charge in [0.2, 0.25) is 0 Å². The zero-order valence-corrected chi connectivity index (χ0v) is 15.5. The summed E-state index contributed by atoms with van der Waals surface area (Å²) in [6, 6.07) is 7.34. The van der Waals surface area contributed by atoms with E-state index in [0.29, 0.717) is 22.1 Å². The molecule has 9 nitrogen and oxygen atoms in total. The molecule has 3 aromatic rings. The Balaban J connectivity index is 1.96. The number of nitrogens with two attached hydrogens (primary N) is 1. The molecule has 0 spiro atoms. The molecule has 0 unspecified atom stereocenters. The highest BCUT2D eigenvalue weighted by atomic mass is 32.2. The van der Waals surface area contributed by atoms with Crippen molar-refractivity contribution in [1.29, 1.82) is 0 Å². The van der Waals surface area contributed by atoms with Crippen LogP contribution in [0.3, 0.4) is 0 Å². The molecule has 0 aliphatic rings. The Morgan fingerprint density at radius 3 is 2.89 bits per heavy atom. The van der Waals surface area contributed by atoms with Crippen LogP contribution in [0.25, 0.3) is 11.2 Å². The van der Waals surface area contributed by atoms with Crippen molar-refractivity contribution in [3.63, 3.8) is 0 Å². The van der Waals surface area contributed by atoms with Crippen molar-refractivity contribution < 1.29 is 14.6 Å². The van der Waals surface area contributed by atoms with Gasteiger partial charge in [-0.3, -0.25) is 9.36 Å². The number of ether oxygens (including phenoxy) is 1. The third-order valence-corrected chi connectivity index (χ3v) is 4.69. The molecule has 2 heterocycles. The molecule has 4 N–H and O–H groups in total. The number of methoxy groups -OCH3 is 1. The molecular formula is C17H19N5O4S. The first-order valence-corrected chi connectivity index (χ1v) is 9.14. The second-order valence-electron chi connectivity index (χ2n) is 5.75. The number of nitrogen functional groups attached to an aromatic ring is 1. The quantitative estimate of drug-likeness (QED) is 0.303. The van der Waals surface area contributed by atoms with E-state index in [9.17, 15) is 9.59 Å². The SMILES string of the molecule is COC(=O)Cc1cccc(Cn2c(=O)[nH]c3c(N)nc(SCCO)nc32)c1. The Hall–Kier alpha value is -2.85. The summed E-state index contributed by atoms with van der Waals surface area (Å²) in [6.07, 6.45) is 0.157. The number of hydrogen-bond donors (Lipinski definition) is 3. The van der Waals surface area contributed by atoms with Crippen LogP contribution in [0, 0.1) is 0 Å². The van der Waals surface area contributed by atoms with Gasteiger partial charge in [0.25, 0.3) is 0 Å². The first kappa shape index (κ1) is 18.9. The number of esters is 1. The molecule has 0 bridgehead atoms. The molecule has 2 aromatic heterocycles. The zero-order valence-electron chi connectivity index (χ0n) is 14.6. The second-order valence-corrected chi connectivity index (χ2v) is 6.81. The van der Waals surface area contributed by atoms with Gasteiger partial charge in [0.1, 0.15) is 5.52 Å². The lowest BCUT2D eigenvalue weighted by molar-refractivity contribution is -0.139. The normalized spacial score (nSPS) is 11.0. The Labute approximate surface area is 158 Å². The highest BCUT2D eigenvalue weighted by Crippen LogP contribution is 2.21. The maximum Gasteiger partial charge on any atom is 0.328 e. The number of rotatable bonds is 7. The summed E-state index contributed by atoms with van der Waals surface area (Å²) in [5.74, 6) is 0.271.